The highest BCUT2D eigenvalue weighted by atomic mass is 35.5. The van der Waals surface area contributed by atoms with E-state index in [4.69, 9.17) is 11.6 Å². The molecule has 0 aliphatic heterocycles. The number of hydrogen-bond donors (Lipinski definition) is 1. The molecule has 1 N–H and O–H groups in total. The molecule has 0 bridgehead atoms. The van der Waals surface area contributed by atoms with Gasteiger partial charge in [-0.15, -0.1) is 11.8 Å². The van der Waals surface area contributed by atoms with Gasteiger partial charge in [-0.25, -0.2) is 0 Å². The lowest BCUT2D eigenvalue weighted by molar-refractivity contribution is 0.557. The molecule has 0 spiro atoms. The van der Waals surface area contributed by atoms with Crippen LogP contribution in [0.15, 0.2) is 29.2 Å². The Kier molecular flexibility index (Phi) is 4.56. The predicted octanol–water partition coefficient (Wildman–Crippen LogP) is 3.82. The number of halogens is 1. The summed E-state index contributed by atoms with van der Waals surface area (Å²) in [6, 6.07) is 8.88. The lowest BCUT2D eigenvalue weighted by atomic mass is 10.2. The zero-order chi connectivity index (χ0) is 11.4. The van der Waals surface area contributed by atoms with Crippen LogP contribution in [0.4, 0.5) is 0 Å². The molecule has 1 aliphatic carbocycles. The van der Waals surface area contributed by atoms with E-state index in [9.17, 15) is 0 Å². The van der Waals surface area contributed by atoms with Gasteiger partial charge in [0.2, 0.25) is 0 Å². The summed E-state index contributed by atoms with van der Waals surface area (Å²) in [4.78, 5) is 1.20. The Hall–Kier alpha value is -0.180. The molecule has 0 amide bonds. The molecule has 1 nitrogen and oxygen atoms in total. The second-order valence-corrected chi connectivity index (χ2v) is 6.00. The van der Waals surface area contributed by atoms with E-state index in [0.29, 0.717) is 5.92 Å². The monoisotopic (exact) mass is 255 g/mol. The zero-order valence-electron chi connectivity index (χ0n) is 9.58. The maximum Gasteiger partial charge on any atom is 0.0541 e. The topological polar surface area (TPSA) is 12.0 Å². The highest BCUT2D eigenvalue weighted by Gasteiger charge is 2.20. The van der Waals surface area contributed by atoms with Crippen LogP contribution >= 0.6 is 23.4 Å². The van der Waals surface area contributed by atoms with Crippen molar-refractivity contribution < 1.29 is 0 Å². The Bertz CT molecular complexity index is 338. The van der Waals surface area contributed by atoms with Crippen LogP contribution in [-0.4, -0.2) is 18.3 Å². The van der Waals surface area contributed by atoms with Gasteiger partial charge in [0, 0.05) is 16.7 Å². The van der Waals surface area contributed by atoms with E-state index in [1.54, 1.807) is 0 Å². The molecule has 0 radical (unpaired) electrons. The van der Waals surface area contributed by atoms with Crippen molar-refractivity contribution in [2.24, 2.45) is 5.92 Å². The number of rotatable bonds is 6. The Morgan fingerprint density at radius 1 is 1.44 bits per heavy atom. The maximum absolute atomic E-state index is 6.11. The smallest absolute Gasteiger partial charge is 0.0541 e. The van der Waals surface area contributed by atoms with Gasteiger partial charge in [-0.3, -0.25) is 0 Å². The summed E-state index contributed by atoms with van der Waals surface area (Å²) >= 11 is 7.96. The summed E-state index contributed by atoms with van der Waals surface area (Å²) in [5.74, 6) is 1.82. The zero-order valence-corrected chi connectivity index (χ0v) is 11.2. The van der Waals surface area contributed by atoms with Gasteiger partial charge in [0.1, 0.15) is 0 Å². The van der Waals surface area contributed by atoms with Crippen molar-refractivity contribution in [1.82, 2.24) is 5.32 Å². The second-order valence-electron chi connectivity index (χ2n) is 4.53. The molecule has 1 aromatic carbocycles. The minimum Gasteiger partial charge on any atom is -0.314 e. The Labute approximate surface area is 107 Å². The van der Waals surface area contributed by atoms with E-state index >= 15 is 0 Å². The summed E-state index contributed by atoms with van der Waals surface area (Å²) in [6.45, 7) is 3.42. The van der Waals surface area contributed by atoms with Gasteiger partial charge in [-0.1, -0.05) is 30.7 Å². The summed E-state index contributed by atoms with van der Waals surface area (Å²) in [5, 5.41) is 4.43. The molecule has 1 unspecified atom stereocenters. The van der Waals surface area contributed by atoms with Crippen LogP contribution in [0.2, 0.25) is 5.02 Å². The molecule has 2 rings (SSSR count). The Morgan fingerprint density at radius 3 is 2.88 bits per heavy atom. The molecule has 0 aromatic heterocycles. The molecule has 3 heteroatoms. The van der Waals surface area contributed by atoms with E-state index in [1.807, 2.05) is 30.0 Å². The minimum atomic E-state index is 0.696. The second kappa shape index (κ2) is 5.95. The van der Waals surface area contributed by atoms with Crippen LogP contribution in [-0.2, 0) is 0 Å². The van der Waals surface area contributed by atoms with Crippen LogP contribution < -0.4 is 5.32 Å². The summed E-state index contributed by atoms with van der Waals surface area (Å²) in [7, 11) is 0. The summed E-state index contributed by atoms with van der Waals surface area (Å²) in [6.07, 6.45) is 2.73. The SMILES string of the molecule is CC(CNC1CC1)CSc1ccccc1Cl. The third-order valence-electron chi connectivity index (χ3n) is 2.69. The molecule has 0 saturated heterocycles. The van der Waals surface area contributed by atoms with Crippen molar-refractivity contribution in [3.05, 3.63) is 29.3 Å². The van der Waals surface area contributed by atoms with Gasteiger partial charge < -0.3 is 5.32 Å². The summed E-state index contributed by atoms with van der Waals surface area (Å²) in [5.41, 5.74) is 0. The van der Waals surface area contributed by atoms with Gasteiger partial charge >= 0.3 is 0 Å². The molecule has 1 saturated carbocycles. The van der Waals surface area contributed by atoms with E-state index in [0.717, 1.165) is 23.4 Å². The van der Waals surface area contributed by atoms with Gasteiger partial charge in [0.15, 0.2) is 0 Å². The van der Waals surface area contributed by atoms with Gasteiger partial charge in [0.05, 0.1) is 5.02 Å². The first kappa shape index (κ1) is 12.3. The third kappa shape index (κ3) is 4.00. The Morgan fingerprint density at radius 2 is 2.19 bits per heavy atom. The number of hydrogen-bond acceptors (Lipinski definition) is 2. The average molecular weight is 256 g/mol. The first-order valence-electron chi connectivity index (χ1n) is 5.86. The van der Waals surface area contributed by atoms with Gasteiger partial charge in [-0.05, 0) is 37.4 Å². The van der Waals surface area contributed by atoms with Gasteiger partial charge in [0.25, 0.3) is 0 Å². The van der Waals surface area contributed by atoms with Crippen LogP contribution in [0.5, 0.6) is 0 Å². The lowest BCUT2D eigenvalue weighted by Gasteiger charge is -2.12. The van der Waals surface area contributed by atoms with Crippen LogP contribution in [0, 0.1) is 5.92 Å². The van der Waals surface area contributed by atoms with Crippen molar-refractivity contribution in [2.45, 2.75) is 30.7 Å². The van der Waals surface area contributed by atoms with Crippen LogP contribution in [0.3, 0.4) is 0 Å². The maximum atomic E-state index is 6.11. The molecule has 1 fully saturated rings. The normalized spacial score (nSPS) is 17.4. The van der Waals surface area contributed by atoms with Crippen LogP contribution in [0.25, 0.3) is 0 Å². The van der Waals surface area contributed by atoms with Crippen molar-refractivity contribution in [3.8, 4) is 0 Å². The highest BCUT2D eigenvalue weighted by molar-refractivity contribution is 7.99. The highest BCUT2D eigenvalue weighted by Crippen LogP contribution is 2.28. The molecular weight excluding hydrogens is 238 g/mol. The number of nitrogens with one attached hydrogen (secondary N) is 1. The summed E-state index contributed by atoms with van der Waals surface area (Å²) < 4.78 is 0. The van der Waals surface area contributed by atoms with Crippen molar-refractivity contribution >= 4 is 23.4 Å². The van der Waals surface area contributed by atoms with Crippen molar-refractivity contribution in [2.75, 3.05) is 12.3 Å². The van der Waals surface area contributed by atoms with E-state index in [2.05, 4.69) is 18.3 Å². The molecule has 16 heavy (non-hydrogen) atoms. The molecule has 88 valence electrons. The fourth-order valence-electron chi connectivity index (χ4n) is 1.51. The first-order valence-corrected chi connectivity index (χ1v) is 7.23. The van der Waals surface area contributed by atoms with E-state index in [1.165, 1.54) is 17.7 Å². The largest absolute Gasteiger partial charge is 0.314 e. The lowest BCUT2D eigenvalue weighted by Crippen LogP contribution is -2.24. The number of benzene rings is 1. The fraction of sp³-hybridized carbons (Fsp3) is 0.538. The molecule has 1 aromatic rings. The standard InChI is InChI=1S/C13H18ClNS/c1-10(8-15-11-6-7-11)9-16-13-5-3-2-4-12(13)14/h2-5,10-11,15H,6-9H2,1H3. The molecular formula is C13H18ClNS. The molecule has 1 aliphatic rings. The van der Waals surface area contributed by atoms with Crippen LogP contribution in [0.1, 0.15) is 19.8 Å². The van der Waals surface area contributed by atoms with Crippen molar-refractivity contribution in [1.29, 1.82) is 0 Å². The van der Waals surface area contributed by atoms with E-state index < -0.39 is 0 Å². The van der Waals surface area contributed by atoms with Gasteiger partial charge in [-0.2, -0.15) is 0 Å². The van der Waals surface area contributed by atoms with Crippen molar-refractivity contribution in [3.63, 3.8) is 0 Å². The first-order chi connectivity index (χ1) is 7.75. The third-order valence-corrected chi connectivity index (χ3v) is 4.54. The Balaban J connectivity index is 1.71. The molecule has 0 heterocycles. The number of thioether (sulfide) groups is 1. The average Bonchev–Trinajstić information content (AvgIpc) is 3.09. The minimum absolute atomic E-state index is 0.696. The molecule has 1 atom stereocenters. The fourth-order valence-corrected chi connectivity index (χ4v) is 2.77. The quantitative estimate of drug-likeness (QED) is 0.776. The predicted molar refractivity (Wildman–Crippen MR) is 72.4 cm³/mol. The van der Waals surface area contributed by atoms with E-state index in [-0.39, 0.29) is 0 Å².